The summed E-state index contributed by atoms with van der Waals surface area (Å²) < 4.78 is 39.5. The van der Waals surface area contributed by atoms with Crippen molar-refractivity contribution in [2.24, 2.45) is 0 Å². The molecular weight excluding hydrogens is 539 g/mol. The fraction of sp³-hybridized carbons (Fsp3) is 0.600. The van der Waals surface area contributed by atoms with Gasteiger partial charge in [0.25, 0.3) is 0 Å². The monoisotopic (exact) mass is 556 g/mol. The summed E-state index contributed by atoms with van der Waals surface area (Å²) in [5.74, 6) is -3.41. The Balaban J connectivity index is 2.13. The molecule has 2 aliphatic rings. The molecule has 0 radical (unpaired) electrons. The predicted octanol–water partition coefficient (Wildman–Crippen LogP) is -1.10. The minimum Gasteiger partial charge on any atom is -0.464 e. The lowest BCUT2D eigenvalue weighted by molar-refractivity contribution is -0.160. The van der Waals surface area contributed by atoms with Crippen LogP contribution < -0.4 is 0 Å². The van der Waals surface area contributed by atoms with Crippen LogP contribution in [0, 0.1) is 0 Å². The van der Waals surface area contributed by atoms with Crippen LogP contribution in [0.1, 0.15) is 34.3 Å². The van der Waals surface area contributed by atoms with Crippen LogP contribution in [0.25, 0.3) is 0 Å². The zero-order valence-corrected chi connectivity index (χ0v) is 19.0. The zero-order valence-electron chi connectivity index (χ0n) is 16.0. The van der Waals surface area contributed by atoms with E-state index in [1.807, 2.05) is 0 Å². The largest absolute Gasteiger partial charge is 0.464 e. The van der Waals surface area contributed by atoms with Gasteiger partial charge >= 0.3 is 17.9 Å². The van der Waals surface area contributed by atoms with E-state index >= 15 is 0 Å². The van der Waals surface area contributed by atoms with Gasteiger partial charge in [-0.2, -0.15) is 0 Å². The number of carbonyl (C=O) groups excluding carboxylic acids is 4. The number of esters is 3. The second-order valence-corrected chi connectivity index (χ2v) is 9.91. The first-order chi connectivity index (χ1) is 14.0. The number of alkyl halides is 1. The lowest BCUT2D eigenvalue weighted by atomic mass is 9.96. The van der Waals surface area contributed by atoms with Gasteiger partial charge in [0.1, 0.15) is 14.7 Å². The Morgan fingerprint density at radius 1 is 1.23 bits per heavy atom. The number of aromatic nitrogens is 3. The van der Waals surface area contributed by atoms with Crippen molar-refractivity contribution < 1.29 is 41.8 Å². The van der Waals surface area contributed by atoms with Crippen LogP contribution in [-0.2, 0) is 40.2 Å². The number of rotatable bonds is 6. The number of nitrogens with zero attached hydrogens (tertiary/aromatic N) is 4. The maximum atomic E-state index is 13.2. The average Bonchev–Trinajstić information content (AvgIpc) is 3.16. The number of methoxy groups -OCH3 is 2. The van der Waals surface area contributed by atoms with Crippen molar-refractivity contribution in [3.8, 4) is 0 Å². The van der Waals surface area contributed by atoms with E-state index in [0.717, 1.165) is 23.8 Å². The van der Waals surface area contributed by atoms with Crippen LogP contribution in [0.5, 0.6) is 0 Å². The van der Waals surface area contributed by atoms with Crippen molar-refractivity contribution in [1.29, 1.82) is 0 Å². The molecule has 2 saturated heterocycles. The molecule has 0 spiro atoms. The SMILES string of the molecule is COC(=O)c1nnn(C[C@@]2(C)[C@H](C(=O)OCI)N3C(=O)C[C@H]3S2(=O)=O)c1C(=O)OC. The Morgan fingerprint density at radius 2 is 1.87 bits per heavy atom. The molecule has 3 rings (SSSR count). The van der Waals surface area contributed by atoms with Crippen molar-refractivity contribution in [1.82, 2.24) is 19.9 Å². The molecular formula is C15H17IN4O9S. The van der Waals surface area contributed by atoms with E-state index in [0.29, 0.717) is 0 Å². The third-order valence-electron chi connectivity index (χ3n) is 5.19. The van der Waals surface area contributed by atoms with Gasteiger partial charge < -0.3 is 19.1 Å². The zero-order chi connectivity index (χ0) is 22.4. The molecule has 3 atom stereocenters. The lowest BCUT2D eigenvalue weighted by Crippen LogP contribution is -2.58. The Morgan fingerprint density at radius 3 is 2.40 bits per heavy atom. The molecule has 13 nitrogen and oxygen atoms in total. The van der Waals surface area contributed by atoms with E-state index in [-0.39, 0.29) is 11.0 Å². The van der Waals surface area contributed by atoms with Crippen LogP contribution in [0.3, 0.4) is 0 Å². The minimum absolute atomic E-state index is 0.0564. The van der Waals surface area contributed by atoms with Gasteiger partial charge in [0.05, 0.1) is 27.2 Å². The van der Waals surface area contributed by atoms with Crippen LogP contribution in [-0.4, -0.2) is 87.1 Å². The van der Waals surface area contributed by atoms with Gasteiger partial charge in [0.2, 0.25) is 11.6 Å². The number of β-lactam (4-membered cyclic amide) rings is 1. The van der Waals surface area contributed by atoms with Crippen LogP contribution >= 0.6 is 22.6 Å². The Hall–Kier alpha value is -2.30. The molecule has 0 unspecified atom stereocenters. The fourth-order valence-electron chi connectivity index (χ4n) is 3.66. The normalized spacial score (nSPS) is 26.5. The van der Waals surface area contributed by atoms with E-state index in [2.05, 4.69) is 19.8 Å². The number of amides is 1. The molecule has 0 saturated carbocycles. The summed E-state index contributed by atoms with van der Waals surface area (Å²) in [5.41, 5.74) is -0.920. The first-order valence-electron chi connectivity index (χ1n) is 8.42. The van der Waals surface area contributed by atoms with Crippen molar-refractivity contribution >= 4 is 56.2 Å². The molecule has 15 heteroatoms. The fourth-order valence-corrected chi connectivity index (χ4v) is 6.31. The summed E-state index contributed by atoms with van der Waals surface area (Å²) in [6.45, 7) is 0.693. The van der Waals surface area contributed by atoms with Crippen LogP contribution in [0.4, 0.5) is 0 Å². The highest BCUT2D eigenvalue weighted by Gasteiger charge is 2.70. The highest BCUT2D eigenvalue weighted by Crippen LogP contribution is 2.47. The smallest absolute Gasteiger partial charge is 0.361 e. The minimum atomic E-state index is -4.09. The Bertz CT molecular complexity index is 1040. The summed E-state index contributed by atoms with van der Waals surface area (Å²) >= 11 is 1.77. The molecule has 2 aliphatic heterocycles. The molecule has 1 amide bonds. The van der Waals surface area contributed by atoms with Crippen molar-refractivity contribution in [2.45, 2.75) is 36.1 Å². The van der Waals surface area contributed by atoms with Crippen molar-refractivity contribution in [2.75, 3.05) is 18.8 Å². The summed E-state index contributed by atoms with van der Waals surface area (Å²) in [6, 6.07) is -1.46. The number of hydrogen-bond donors (Lipinski definition) is 0. The highest BCUT2D eigenvalue weighted by molar-refractivity contribution is 14.1. The second kappa shape index (κ2) is 7.75. The van der Waals surface area contributed by atoms with Crippen molar-refractivity contribution in [3.05, 3.63) is 11.4 Å². The average molecular weight is 556 g/mol. The molecule has 0 aliphatic carbocycles. The topological polar surface area (TPSA) is 164 Å². The summed E-state index contributed by atoms with van der Waals surface area (Å²) in [6.07, 6.45) is -0.263. The number of ether oxygens (including phenoxy) is 3. The standard InChI is InChI=1S/C15H17IN4O9S/c1-15(5-19-10(13(23)28-3)9(17-18-19)12(22)27-2)11(14(24)29-6-16)20-7(21)4-8(20)30(15,25)26/h8,11H,4-6H2,1-3H3/t8-,11+,15+/m1/s1. The van der Waals surface area contributed by atoms with Gasteiger partial charge in [-0.1, -0.05) is 5.21 Å². The number of sulfone groups is 1. The van der Waals surface area contributed by atoms with Gasteiger partial charge in [-0.25, -0.2) is 27.5 Å². The van der Waals surface area contributed by atoms with E-state index in [1.165, 1.54) is 6.92 Å². The molecule has 3 heterocycles. The maximum absolute atomic E-state index is 13.2. The molecule has 2 fully saturated rings. The van der Waals surface area contributed by atoms with Crippen molar-refractivity contribution in [3.63, 3.8) is 0 Å². The van der Waals surface area contributed by atoms with E-state index in [9.17, 15) is 27.6 Å². The number of halogens is 1. The molecule has 30 heavy (non-hydrogen) atoms. The molecule has 1 aromatic rings. The van der Waals surface area contributed by atoms with E-state index < -0.39 is 67.7 Å². The van der Waals surface area contributed by atoms with E-state index in [4.69, 9.17) is 4.74 Å². The van der Waals surface area contributed by atoms with Crippen LogP contribution in [0.15, 0.2) is 0 Å². The number of hydrogen-bond acceptors (Lipinski definition) is 11. The van der Waals surface area contributed by atoms with Gasteiger partial charge in [0, 0.05) is 0 Å². The second-order valence-electron chi connectivity index (χ2n) is 6.72. The Kier molecular flexibility index (Phi) is 5.78. The number of fused-ring (bicyclic) bond motifs is 1. The highest BCUT2D eigenvalue weighted by atomic mass is 127. The maximum Gasteiger partial charge on any atom is 0.361 e. The third kappa shape index (κ3) is 3.05. The Labute approximate surface area is 184 Å². The van der Waals surface area contributed by atoms with E-state index in [1.54, 1.807) is 22.6 Å². The van der Waals surface area contributed by atoms with Gasteiger partial charge in [-0.15, -0.1) is 5.10 Å². The summed E-state index contributed by atoms with van der Waals surface area (Å²) in [7, 11) is -1.97. The van der Waals surface area contributed by atoms with Gasteiger partial charge in [0.15, 0.2) is 21.6 Å². The predicted molar refractivity (Wildman–Crippen MR) is 104 cm³/mol. The first-order valence-corrected chi connectivity index (χ1v) is 11.5. The van der Waals surface area contributed by atoms with Gasteiger partial charge in [-0.05, 0) is 29.5 Å². The quantitative estimate of drug-likeness (QED) is 0.137. The third-order valence-corrected chi connectivity index (χ3v) is 8.26. The molecule has 1 aromatic heterocycles. The number of carbonyl (C=O) groups is 4. The van der Waals surface area contributed by atoms with Crippen LogP contribution in [0.2, 0.25) is 0 Å². The van der Waals surface area contributed by atoms with Gasteiger partial charge in [-0.3, -0.25) is 4.79 Å². The molecule has 0 bridgehead atoms. The molecule has 164 valence electrons. The molecule has 0 aromatic carbocycles. The molecule has 0 N–H and O–H groups in total. The summed E-state index contributed by atoms with van der Waals surface area (Å²) in [5, 5.41) is 6.11. The lowest BCUT2D eigenvalue weighted by Gasteiger charge is -2.36. The summed E-state index contributed by atoms with van der Waals surface area (Å²) in [4.78, 5) is 49.9. The first kappa shape index (κ1) is 22.4.